The first-order valence-electron chi connectivity index (χ1n) is 6.22. The molecule has 18 heavy (non-hydrogen) atoms. The van der Waals surface area contributed by atoms with Crippen LogP contribution in [-0.2, 0) is 9.47 Å². The van der Waals surface area contributed by atoms with Crippen LogP contribution in [0.2, 0.25) is 5.02 Å². The first-order valence-corrected chi connectivity index (χ1v) is 6.60. The first kappa shape index (κ1) is 13.7. The number of benzene rings is 1. The van der Waals surface area contributed by atoms with Crippen LogP contribution in [0.15, 0.2) is 24.3 Å². The lowest BCUT2D eigenvalue weighted by molar-refractivity contribution is -0.150. The lowest BCUT2D eigenvalue weighted by Crippen LogP contribution is -2.47. The Morgan fingerprint density at radius 3 is 2.61 bits per heavy atom. The lowest BCUT2D eigenvalue weighted by atomic mass is 10.1. The number of ether oxygens (including phenoxy) is 2. The highest BCUT2D eigenvalue weighted by molar-refractivity contribution is 6.30. The van der Waals surface area contributed by atoms with Gasteiger partial charge in [-0.25, -0.2) is 0 Å². The summed E-state index contributed by atoms with van der Waals surface area (Å²) in [6, 6.07) is 7.89. The number of rotatable bonds is 1. The van der Waals surface area contributed by atoms with Crippen molar-refractivity contribution in [3.8, 4) is 0 Å². The van der Waals surface area contributed by atoms with E-state index in [0.29, 0.717) is 6.79 Å². The molecule has 0 N–H and O–H groups in total. The molecule has 3 nitrogen and oxygen atoms in total. The second-order valence-electron chi connectivity index (χ2n) is 5.36. The third kappa shape index (κ3) is 3.61. The van der Waals surface area contributed by atoms with Gasteiger partial charge in [-0.2, -0.15) is 0 Å². The average molecular weight is 270 g/mol. The Hall–Kier alpha value is -0.770. The first-order chi connectivity index (χ1) is 8.46. The highest BCUT2D eigenvalue weighted by atomic mass is 35.5. The molecule has 4 heteroatoms. The Morgan fingerprint density at radius 1 is 1.28 bits per heavy atom. The molecular formula is C14H20ClNO2. The fourth-order valence-corrected chi connectivity index (χ4v) is 2.22. The van der Waals surface area contributed by atoms with Gasteiger partial charge in [0.15, 0.2) is 0 Å². The molecule has 0 aromatic heterocycles. The summed E-state index contributed by atoms with van der Waals surface area (Å²) < 4.78 is 11.3. The van der Waals surface area contributed by atoms with Crippen molar-refractivity contribution < 1.29 is 9.47 Å². The lowest BCUT2D eigenvalue weighted by Gasteiger charge is -2.38. The van der Waals surface area contributed by atoms with Crippen molar-refractivity contribution >= 4 is 17.3 Å². The zero-order chi connectivity index (χ0) is 13.2. The maximum Gasteiger partial charge on any atom is 0.147 e. The van der Waals surface area contributed by atoms with Gasteiger partial charge in [-0.05, 0) is 45.0 Å². The minimum absolute atomic E-state index is 0.150. The van der Waals surface area contributed by atoms with E-state index in [1.165, 1.54) is 0 Å². The maximum atomic E-state index is 5.93. The monoisotopic (exact) mass is 269 g/mol. The van der Waals surface area contributed by atoms with Gasteiger partial charge in [-0.3, -0.25) is 0 Å². The second-order valence-corrected chi connectivity index (χ2v) is 5.79. The van der Waals surface area contributed by atoms with Crippen LogP contribution >= 0.6 is 11.6 Å². The van der Waals surface area contributed by atoms with Crippen molar-refractivity contribution in [1.29, 1.82) is 0 Å². The van der Waals surface area contributed by atoms with Crippen molar-refractivity contribution in [2.24, 2.45) is 0 Å². The molecule has 100 valence electrons. The van der Waals surface area contributed by atoms with Crippen LogP contribution in [0.4, 0.5) is 5.69 Å². The van der Waals surface area contributed by atoms with Crippen molar-refractivity contribution in [2.75, 3.05) is 24.8 Å². The van der Waals surface area contributed by atoms with Gasteiger partial charge in [-0.15, -0.1) is 0 Å². The Bertz CT molecular complexity index is 391. The predicted octanol–water partition coefficient (Wildman–Crippen LogP) is 3.32. The van der Waals surface area contributed by atoms with Gasteiger partial charge in [-0.1, -0.05) is 11.6 Å². The van der Waals surface area contributed by atoms with E-state index in [1.54, 1.807) is 0 Å². The molecular weight excluding hydrogens is 250 g/mol. The zero-order valence-corrected chi connectivity index (χ0v) is 11.9. The van der Waals surface area contributed by atoms with Gasteiger partial charge in [0.05, 0.1) is 11.7 Å². The van der Waals surface area contributed by atoms with Crippen molar-refractivity contribution in [3.05, 3.63) is 29.3 Å². The predicted molar refractivity (Wildman–Crippen MR) is 74.2 cm³/mol. The Morgan fingerprint density at radius 2 is 1.94 bits per heavy atom. The van der Waals surface area contributed by atoms with E-state index in [-0.39, 0.29) is 11.7 Å². The normalized spacial score (nSPS) is 24.4. The SMILES string of the molecule is CC1CN(c2ccc(Cl)cc2)CC(C)(C)OCO1. The van der Waals surface area contributed by atoms with E-state index in [4.69, 9.17) is 21.1 Å². The largest absolute Gasteiger partial charge is 0.366 e. The average Bonchev–Trinajstić information content (AvgIpc) is 2.26. The highest BCUT2D eigenvalue weighted by Crippen LogP contribution is 2.23. The smallest absolute Gasteiger partial charge is 0.147 e. The summed E-state index contributed by atoms with van der Waals surface area (Å²) >= 11 is 5.93. The quantitative estimate of drug-likeness (QED) is 0.781. The Kier molecular flexibility index (Phi) is 4.15. The van der Waals surface area contributed by atoms with Gasteiger partial charge < -0.3 is 14.4 Å². The van der Waals surface area contributed by atoms with Crippen LogP contribution in [0, 0.1) is 0 Å². The van der Waals surface area contributed by atoms with Gasteiger partial charge >= 0.3 is 0 Å². The summed E-state index contributed by atoms with van der Waals surface area (Å²) in [4.78, 5) is 2.28. The van der Waals surface area contributed by atoms with Crippen LogP contribution < -0.4 is 4.90 Å². The van der Waals surface area contributed by atoms with Gasteiger partial charge in [0.1, 0.15) is 6.79 Å². The third-order valence-corrected chi connectivity index (χ3v) is 3.30. The van der Waals surface area contributed by atoms with E-state index in [9.17, 15) is 0 Å². The number of nitrogens with zero attached hydrogens (tertiary/aromatic N) is 1. The van der Waals surface area contributed by atoms with Crippen LogP contribution in [-0.4, -0.2) is 31.6 Å². The fourth-order valence-electron chi connectivity index (χ4n) is 2.09. The molecule has 1 atom stereocenters. The van der Waals surface area contributed by atoms with Gasteiger partial charge in [0.25, 0.3) is 0 Å². The number of halogens is 1. The Balaban J connectivity index is 2.18. The van der Waals surface area contributed by atoms with Crippen LogP contribution in [0.25, 0.3) is 0 Å². The molecule has 0 spiro atoms. The van der Waals surface area contributed by atoms with E-state index >= 15 is 0 Å². The molecule has 0 radical (unpaired) electrons. The van der Waals surface area contributed by atoms with Crippen molar-refractivity contribution in [2.45, 2.75) is 32.5 Å². The molecule has 1 aromatic carbocycles. The van der Waals surface area contributed by atoms with Crippen LogP contribution in [0.3, 0.4) is 0 Å². The fraction of sp³-hybridized carbons (Fsp3) is 0.571. The Labute approximate surface area is 114 Å². The third-order valence-electron chi connectivity index (χ3n) is 3.04. The standard InChI is InChI=1S/C14H20ClNO2/c1-11-8-16(9-14(2,3)18-10-17-11)13-6-4-12(15)5-7-13/h4-7,11H,8-10H2,1-3H3. The summed E-state index contributed by atoms with van der Waals surface area (Å²) in [6.45, 7) is 8.27. The highest BCUT2D eigenvalue weighted by Gasteiger charge is 2.26. The molecule has 0 bridgehead atoms. The second kappa shape index (κ2) is 5.47. The number of hydrogen-bond donors (Lipinski definition) is 0. The molecule has 1 heterocycles. The molecule has 1 aliphatic rings. The zero-order valence-electron chi connectivity index (χ0n) is 11.1. The molecule has 1 unspecified atom stereocenters. The topological polar surface area (TPSA) is 21.7 Å². The molecule has 1 aromatic rings. The molecule has 0 amide bonds. The molecule has 0 aliphatic carbocycles. The van der Waals surface area contributed by atoms with E-state index in [0.717, 1.165) is 23.8 Å². The maximum absolute atomic E-state index is 5.93. The van der Waals surface area contributed by atoms with Gasteiger partial charge in [0, 0.05) is 23.8 Å². The van der Waals surface area contributed by atoms with Crippen LogP contribution in [0.5, 0.6) is 0 Å². The van der Waals surface area contributed by atoms with E-state index < -0.39 is 0 Å². The summed E-state index contributed by atoms with van der Waals surface area (Å²) in [5.41, 5.74) is 0.924. The van der Waals surface area contributed by atoms with E-state index in [1.807, 2.05) is 24.3 Å². The summed E-state index contributed by atoms with van der Waals surface area (Å²) in [5, 5.41) is 0.755. The summed E-state index contributed by atoms with van der Waals surface area (Å²) in [5.74, 6) is 0. The minimum atomic E-state index is -0.222. The molecule has 1 fully saturated rings. The molecule has 0 saturated carbocycles. The molecule has 2 rings (SSSR count). The number of anilines is 1. The molecule has 1 aliphatic heterocycles. The van der Waals surface area contributed by atoms with Gasteiger partial charge in [0.2, 0.25) is 0 Å². The number of hydrogen-bond acceptors (Lipinski definition) is 3. The molecule has 1 saturated heterocycles. The van der Waals surface area contributed by atoms with Crippen molar-refractivity contribution in [1.82, 2.24) is 0 Å². The van der Waals surface area contributed by atoms with Crippen molar-refractivity contribution in [3.63, 3.8) is 0 Å². The summed E-state index contributed by atoms with van der Waals surface area (Å²) in [6.07, 6.45) is 0.150. The van der Waals surface area contributed by atoms with Crippen LogP contribution in [0.1, 0.15) is 20.8 Å². The van der Waals surface area contributed by atoms with E-state index in [2.05, 4.69) is 25.7 Å². The minimum Gasteiger partial charge on any atom is -0.366 e. The summed E-state index contributed by atoms with van der Waals surface area (Å²) in [7, 11) is 0.